The van der Waals surface area contributed by atoms with Gasteiger partial charge in [0.2, 0.25) is 0 Å². The molecule has 0 saturated carbocycles. The van der Waals surface area contributed by atoms with Gasteiger partial charge in [0.1, 0.15) is 11.6 Å². The smallest absolute Gasteiger partial charge is 0.258 e. The molecule has 0 N–H and O–H groups in total. The zero-order valence-corrected chi connectivity index (χ0v) is 11.8. The molecule has 0 aliphatic heterocycles. The van der Waals surface area contributed by atoms with Gasteiger partial charge in [-0.1, -0.05) is 35.5 Å². The van der Waals surface area contributed by atoms with Gasteiger partial charge in [-0.2, -0.15) is 5.26 Å². The summed E-state index contributed by atoms with van der Waals surface area (Å²) in [6.07, 6.45) is 1.77. The topological polar surface area (TPSA) is 92.7 Å². The van der Waals surface area contributed by atoms with Crippen molar-refractivity contribution in [2.24, 2.45) is 0 Å². The number of benzene rings is 1. The number of thioether (sulfide) groups is 1. The Bertz CT molecular complexity index is 730. The quantitative estimate of drug-likeness (QED) is 0.284. The van der Waals surface area contributed by atoms with Gasteiger partial charge < -0.3 is 0 Å². The van der Waals surface area contributed by atoms with Crippen LogP contribution in [-0.4, -0.2) is 21.1 Å². The molecule has 0 amide bonds. The minimum atomic E-state index is -0.506. The molecule has 0 atom stereocenters. The molecule has 8 heteroatoms. The van der Waals surface area contributed by atoms with E-state index in [-0.39, 0.29) is 16.4 Å². The average molecular weight is 307 g/mol. The first-order chi connectivity index (χ1) is 9.56. The Balaban J connectivity index is 2.68. The van der Waals surface area contributed by atoms with E-state index in [2.05, 4.69) is 9.97 Å². The molecule has 20 heavy (non-hydrogen) atoms. The standard InChI is InChI=1S/C12H7ClN4O2S/c1-20-12-15-10(9(6-14)11(13)16-12)7-3-2-4-8(5-7)17(18)19/h2-5H,1H3. The molecule has 0 unspecified atom stereocenters. The van der Waals surface area contributed by atoms with E-state index in [0.717, 1.165) is 0 Å². The Labute approximate surface area is 123 Å². The fourth-order valence-electron chi connectivity index (χ4n) is 1.58. The lowest BCUT2D eigenvalue weighted by molar-refractivity contribution is -0.384. The first kappa shape index (κ1) is 14.2. The molecule has 0 aliphatic rings. The van der Waals surface area contributed by atoms with Crippen LogP contribution in [0, 0.1) is 21.4 Å². The second kappa shape index (κ2) is 5.86. The Hall–Kier alpha value is -2.17. The molecule has 1 aromatic heterocycles. The van der Waals surface area contributed by atoms with Gasteiger partial charge in [0.05, 0.1) is 10.6 Å². The maximum Gasteiger partial charge on any atom is 0.270 e. The highest BCUT2D eigenvalue weighted by Gasteiger charge is 2.16. The molecular weight excluding hydrogens is 300 g/mol. The minimum Gasteiger partial charge on any atom is -0.258 e. The van der Waals surface area contributed by atoms with Crippen LogP contribution in [0.5, 0.6) is 0 Å². The summed E-state index contributed by atoms with van der Waals surface area (Å²) in [5.74, 6) is 0. The van der Waals surface area contributed by atoms with Gasteiger partial charge in [0.15, 0.2) is 10.3 Å². The van der Waals surface area contributed by atoms with Crippen LogP contribution >= 0.6 is 23.4 Å². The summed E-state index contributed by atoms with van der Waals surface area (Å²) in [6, 6.07) is 7.81. The molecule has 0 aliphatic carbocycles. The van der Waals surface area contributed by atoms with Gasteiger partial charge in [-0.3, -0.25) is 10.1 Å². The van der Waals surface area contributed by atoms with E-state index in [9.17, 15) is 10.1 Å². The number of non-ortho nitro benzene ring substituents is 1. The number of nitriles is 1. The Morgan fingerprint density at radius 1 is 1.45 bits per heavy atom. The number of aromatic nitrogens is 2. The molecule has 1 aromatic carbocycles. The number of nitro groups is 1. The molecule has 0 saturated heterocycles. The lowest BCUT2D eigenvalue weighted by atomic mass is 10.1. The normalized spacial score (nSPS) is 10.1. The lowest BCUT2D eigenvalue weighted by Gasteiger charge is -2.06. The third-order valence-corrected chi connectivity index (χ3v) is 3.29. The first-order valence-corrected chi connectivity index (χ1v) is 6.93. The highest BCUT2D eigenvalue weighted by Crippen LogP contribution is 2.29. The number of rotatable bonds is 3. The molecule has 0 bridgehead atoms. The van der Waals surface area contributed by atoms with Crippen LogP contribution in [0.2, 0.25) is 5.15 Å². The van der Waals surface area contributed by atoms with Crippen molar-refractivity contribution in [3.63, 3.8) is 0 Å². The average Bonchev–Trinajstić information content (AvgIpc) is 2.46. The van der Waals surface area contributed by atoms with Gasteiger partial charge >= 0.3 is 0 Å². The summed E-state index contributed by atoms with van der Waals surface area (Å²) in [7, 11) is 0. The van der Waals surface area contributed by atoms with Crippen LogP contribution in [0.25, 0.3) is 11.3 Å². The monoisotopic (exact) mass is 306 g/mol. The molecule has 1 heterocycles. The summed E-state index contributed by atoms with van der Waals surface area (Å²) < 4.78 is 0. The SMILES string of the molecule is CSc1nc(Cl)c(C#N)c(-c2cccc([N+](=O)[O-])c2)n1. The molecule has 0 fully saturated rings. The largest absolute Gasteiger partial charge is 0.270 e. The third-order valence-electron chi connectivity index (χ3n) is 2.47. The fraction of sp³-hybridized carbons (Fsp3) is 0.0833. The van der Waals surface area contributed by atoms with Crippen LogP contribution in [0.3, 0.4) is 0 Å². The van der Waals surface area contributed by atoms with Gasteiger partial charge in [0, 0.05) is 17.7 Å². The number of halogens is 1. The molecule has 0 radical (unpaired) electrons. The molecule has 2 aromatic rings. The van der Waals surface area contributed by atoms with E-state index in [4.69, 9.17) is 16.9 Å². The summed E-state index contributed by atoms with van der Waals surface area (Å²) >= 11 is 7.22. The van der Waals surface area contributed by atoms with Crippen molar-refractivity contribution in [3.05, 3.63) is 45.1 Å². The van der Waals surface area contributed by atoms with Crippen molar-refractivity contribution in [2.75, 3.05) is 6.26 Å². The van der Waals surface area contributed by atoms with Gasteiger partial charge in [0.25, 0.3) is 5.69 Å². The van der Waals surface area contributed by atoms with Crippen LogP contribution in [0.1, 0.15) is 5.56 Å². The second-order valence-corrected chi connectivity index (χ2v) is 4.78. The first-order valence-electron chi connectivity index (χ1n) is 5.33. The van der Waals surface area contributed by atoms with E-state index >= 15 is 0 Å². The number of nitro benzene ring substituents is 1. The van der Waals surface area contributed by atoms with Crippen molar-refractivity contribution in [2.45, 2.75) is 5.16 Å². The number of nitrogens with zero attached hydrogens (tertiary/aromatic N) is 4. The highest BCUT2D eigenvalue weighted by atomic mass is 35.5. The Kier molecular flexibility index (Phi) is 4.17. The number of hydrogen-bond acceptors (Lipinski definition) is 6. The lowest BCUT2D eigenvalue weighted by Crippen LogP contribution is -1.97. The molecule has 0 spiro atoms. The minimum absolute atomic E-state index is 0.0355. The van der Waals surface area contributed by atoms with Crippen LogP contribution in [0.4, 0.5) is 5.69 Å². The van der Waals surface area contributed by atoms with Crippen LogP contribution in [0.15, 0.2) is 29.4 Å². The molecule has 100 valence electrons. The van der Waals surface area contributed by atoms with Crippen LogP contribution < -0.4 is 0 Å². The zero-order valence-electron chi connectivity index (χ0n) is 10.2. The van der Waals surface area contributed by atoms with E-state index in [0.29, 0.717) is 16.4 Å². The third kappa shape index (κ3) is 2.71. The highest BCUT2D eigenvalue weighted by molar-refractivity contribution is 7.98. The van der Waals surface area contributed by atoms with Crippen molar-refractivity contribution < 1.29 is 4.92 Å². The van der Waals surface area contributed by atoms with Crippen LogP contribution in [-0.2, 0) is 0 Å². The van der Waals surface area contributed by atoms with Gasteiger partial charge in [-0.25, -0.2) is 9.97 Å². The maximum absolute atomic E-state index is 10.8. The molecule has 2 rings (SSSR count). The predicted octanol–water partition coefficient (Wildman–Crippen LogP) is 3.30. The van der Waals surface area contributed by atoms with Gasteiger partial charge in [-0.05, 0) is 6.26 Å². The summed E-state index contributed by atoms with van der Waals surface area (Å²) in [6.45, 7) is 0. The second-order valence-electron chi connectivity index (χ2n) is 3.64. The van der Waals surface area contributed by atoms with Crippen molar-refractivity contribution in [1.29, 1.82) is 5.26 Å². The Morgan fingerprint density at radius 2 is 2.20 bits per heavy atom. The van der Waals surface area contributed by atoms with Crippen molar-refractivity contribution in [3.8, 4) is 17.3 Å². The van der Waals surface area contributed by atoms with Gasteiger partial charge in [-0.15, -0.1) is 0 Å². The van der Waals surface area contributed by atoms with E-state index in [1.807, 2.05) is 6.07 Å². The van der Waals surface area contributed by atoms with E-state index in [1.54, 1.807) is 12.3 Å². The fourth-order valence-corrected chi connectivity index (χ4v) is 2.21. The Morgan fingerprint density at radius 3 is 2.80 bits per heavy atom. The van der Waals surface area contributed by atoms with Crippen molar-refractivity contribution in [1.82, 2.24) is 9.97 Å². The molecular formula is C12H7ClN4O2S. The predicted molar refractivity (Wildman–Crippen MR) is 75.6 cm³/mol. The van der Waals surface area contributed by atoms with Crippen molar-refractivity contribution >= 4 is 29.1 Å². The van der Waals surface area contributed by atoms with E-state index < -0.39 is 4.92 Å². The summed E-state index contributed by atoms with van der Waals surface area (Å²) in [5.41, 5.74) is 0.771. The van der Waals surface area contributed by atoms with E-state index in [1.165, 1.54) is 30.0 Å². The number of hydrogen-bond donors (Lipinski definition) is 0. The zero-order chi connectivity index (χ0) is 14.7. The molecule has 6 nitrogen and oxygen atoms in total. The maximum atomic E-state index is 10.8. The summed E-state index contributed by atoms with van der Waals surface area (Å²) in [4.78, 5) is 18.5. The summed E-state index contributed by atoms with van der Waals surface area (Å²) in [5, 5.41) is 20.4.